The average molecular weight is 425 g/mol. The Morgan fingerprint density at radius 3 is 2.59 bits per heavy atom. The van der Waals surface area contributed by atoms with Gasteiger partial charge in [-0.3, -0.25) is 4.79 Å². The highest BCUT2D eigenvalue weighted by Crippen LogP contribution is 2.56. The standard InChI is InChI=1S/C21H17Cl3FNO/c1-13(10-20(27)26-19-5-3-2-4-17(19)23)8-9-21(25)12-15(21)14-6-7-16(22)18(24)11-14/h2-11,15H,12H2,1H3,(H,26,27)/t15-,21?/m1/s1. The molecule has 1 saturated carbocycles. The van der Waals surface area contributed by atoms with Gasteiger partial charge in [0.2, 0.25) is 5.91 Å². The van der Waals surface area contributed by atoms with E-state index in [4.69, 9.17) is 34.8 Å². The molecule has 2 aromatic carbocycles. The third-order valence-electron chi connectivity index (χ3n) is 4.40. The van der Waals surface area contributed by atoms with E-state index in [0.29, 0.717) is 32.7 Å². The molecule has 2 nitrogen and oxygen atoms in total. The van der Waals surface area contributed by atoms with Crippen molar-refractivity contribution in [2.24, 2.45) is 0 Å². The molecule has 1 fully saturated rings. The first-order valence-corrected chi connectivity index (χ1v) is 9.49. The summed E-state index contributed by atoms with van der Waals surface area (Å²) < 4.78 is 14.9. The largest absolute Gasteiger partial charge is 0.321 e. The summed E-state index contributed by atoms with van der Waals surface area (Å²) in [5.74, 6) is -0.580. The van der Waals surface area contributed by atoms with Crippen molar-refractivity contribution in [1.82, 2.24) is 0 Å². The van der Waals surface area contributed by atoms with Crippen molar-refractivity contribution in [3.05, 3.63) is 86.9 Å². The van der Waals surface area contributed by atoms with Crippen LogP contribution in [0.3, 0.4) is 0 Å². The lowest BCUT2D eigenvalue weighted by Gasteiger charge is -2.05. The van der Waals surface area contributed by atoms with Crippen molar-refractivity contribution in [3.8, 4) is 0 Å². The quantitative estimate of drug-likeness (QED) is 0.407. The highest BCUT2D eigenvalue weighted by molar-refractivity contribution is 6.42. The van der Waals surface area contributed by atoms with Crippen molar-refractivity contribution in [2.45, 2.75) is 24.9 Å². The zero-order chi connectivity index (χ0) is 19.6. The molecule has 0 radical (unpaired) electrons. The number of hydrogen-bond acceptors (Lipinski definition) is 1. The minimum Gasteiger partial charge on any atom is -0.321 e. The van der Waals surface area contributed by atoms with Crippen LogP contribution in [0.1, 0.15) is 24.8 Å². The minimum atomic E-state index is -1.44. The molecule has 0 bridgehead atoms. The molecule has 27 heavy (non-hydrogen) atoms. The predicted molar refractivity (Wildman–Crippen MR) is 111 cm³/mol. The number of hydrogen-bond donors (Lipinski definition) is 1. The van der Waals surface area contributed by atoms with Gasteiger partial charge >= 0.3 is 0 Å². The van der Waals surface area contributed by atoms with Gasteiger partial charge in [-0.05, 0) is 54.8 Å². The fourth-order valence-electron chi connectivity index (χ4n) is 2.82. The number of halogens is 4. The lowest BCUT2D eigenvalue weighted by Crippen LogP contribution is -2.08. The number of nitrogens with one attached hydrogen (secondary N) is 1. The Balaban J connectivity index is 1.63. The number of amides is 1. The lowest BCUT2D eigenvalue weighted by molar-refractivity contribution is -0.111. The summed E-state index contributed by atoms with van der Waals surface area (Å²) >= 11 is 17.9. The number of alkyl halides is 1. The lowest BCUT2D eigenvalue weighted by atomic mass is 10.1. The topological polar surface area (TPSA) is 29.1 Å². The molecule has 0 heterocycles. The van der Waals surface area contributed by atoms with Gasteiger partial charge < -0.3 is 5.32 Å². The molecule has 0 spiro atoms. The van der Waals surface area contributed by atoms with Gasteiger partial charge in [-0.15, -0.1) is 0 Å². The molecule has 6 heteroatoms. The molecule has 2 aromatic rings. The monoisotopic (exact) mass is 423 g/mol. The molecular weight excluding hydrogens is 408 g/mol. The molecule has 0 aromatic heterocycles. The van der Waals surface area contributed by atoms with Crippen LogP contribution >= 0.6 is 34.8 Å². The third-order valence-corrected chi connectivity index (χ3v) is 5.46. The summed E-state index contributed by atoms with van der Waals surface area (Å²) in [5.41, 5.74) is 0.540. The molecule has 1 amide bonds. The van der Waals surface area contributed by atoms with Crippen molar-refractivity contribution in [1.29, 1.82) is 0 Å². The van der Waals surface area contributed by atoms with Crippen molar-refractivity contribution in [2.75, 3.05) is 5.32 Å². The van der Waals surface area contributed by atoms with E-state index in [9.17, 15) is 9.18 Å². The summed E-state index contributed by atoms with van der Waals surface area (Å²) in [5, 5.41) is 4.02. The van der Waals surface area contributed by atoms with Crippen LogP contribution in [0.4, 0.5) is 10.1 Å². The second kappa shape index (κ2) is 8.05. The van der Waals surface area contributed by atoms with E-state index < -0.39 is 5.67 Å². The van der Waals surface area contributed by atoms with E-state index in [2.05, 4.69) is 5.32 Å². The molecule has 1 unspecified atom stereocenters. The summed E-state index contributed by atoms with van der Waals surface area (Å²) in [7, 11) is 0. The third kappa shape index (κ3) is 4.92. The zero-order valence-electron chi connectivity index (χ0n) is 14.5. The summed E-state index contributed by atoms with van der Waals surface area (Å²) in [6.07, 6.45) is 4.89. The van der Waals surface area contributed by atoms with Gasteiger partial charge in [-0.2, -0.15) is 0 Å². The molecule has 0 saturated heterocycles. The molecule has 0 aliphatic heterocycles. The molecule has 1 aliphatic rings. The minimum absolute atomic E-state index is 0.256. The summed E-state index contributed by atoms with van der Waals surface area (Å²) in [6.45, 7) is 1.74. The van der Waals surface area contributed by atoms with E-state index in [1.54, 1.807) is 55.5 Å². The maximum Gasteiger partial charge on any atom is 0.248 e. The van der Waals surface area contributed by atoms with Gasteiger partial charge in [0.15, 0.2) is 0 Å². The second-order valence-electron chi connectivity index (χ2n) is 6.55. The van der Waals surface area contributed by atoms with Crippen molar-refractivity contribution in [3.63, 3.8) is 0 Å². The van der Waals surface area contributed by atoms with Gasteiger partial charge in [0.25, 0.3) is 0 Å². The SMILES string of the molecule is CC(C=CC1(F)C[C@@H]1c1ccc(Cl)c(Cl)c1)=CC(=O)Nc1ccccc1Cl. The van der Waals surface area contributed by atoms with Crippen LogP contribution in [0, 0.1) is 0 Å². The van der Waals surface area contributed by atoms with Gasteiger partial charge in [0, 0.05) is 12.0 Å². The summed E-state index contributed by atoms with van der Waals surface area (Å²) in [4.78, 5) is 12.1. The molecule has 1 N–H and O–H groups in total. The van der Waals surface area contributed by atoms with E-state index in [1.807, 2.05) is 0 Å². The number of rotatable bonds is 5. The normalized spacial score (nSPS) is 22.1. The second-order valence-corrected chi connectivity index (χ2v) is 7.77. The Kier molecular flexibility index (Phi) is 5.95. The first-order chi connectivity index (χ1) is 12.8. The highest BCUT2D eigenvalue weighted by atomic mass is 35.5. The Hall–Kier alpha value is -1.81. The van der Waals surface area contributed by atoms with Crippen LogP contribution in [-0.2, 0) is 4.79 Å². The molecule has 140 valence electrons. The van der Waals surface area contributed by atoms with E-state index in [-0.39, 0.29) is 11.8 Å². The smallest absolute Gasteiger partial charge is 0.248 e. The van der Waals surface area contributed by atoms with Gasteiger partial charge in [-0.25, -0.2) is 4.39 Å². The van der Waals surface area contributed by atoms with Crippen LogP contribution in [0.5, 0.6) is 0 Å². The summed E-state index contributed by atoms with van der Waals surface area (Å²) in [6, 6.07) is 12.1. The fraction of sp³-hybridized carbons (Fsp3) is 0.190. The number of carbonyl (C=O) groups is 1. The van der Waals surface area contributed by atoms with Gasteiger partial charge in [-0.1, -0.05) is 59.1 Å². The van der Waals surface area contributed by atoms with E-state index >= 15 is 0 Å². The van der Waals surface area contributed by atoms with E-state index in [0.717, 1.165) is 5.56 Å². The Morgan fingerprint density at radius 1 is 1.15 bits per heavy atom. The van der Waals surface area contributed by atoms with Crippen LogP contribution in [0.25, 0.3) is 0 Å². The highest BCUT2D eigenvalue weighted by Gasteiger charge is 2.54. The maximum absolute atomic E-state index is 14.9. The van der Waals surface area contributed by atoms with Crippen molar-refractivity contribution < 1.29 is 9.18 Å². The van der Waals surface area contributed by atoms with Crippen molar-refractivity contribution >= 4 is 46.4 Å². The van der Waals surface area contributed by atoms with Crippen LogP contribution in [-0.4, -0.2) is 11.6 Å². The van der Waals surface area contributed by atoms with Crippen LogP contribution in [0.15, 0.2) is 66.3 Å². The molecule has 1 aliphatic carbocycles. The first-order valence-electron chi connectivity index (χ1n) is 8.35. The Labute approximate surface area is 172 Å². The number of carbonyl (C=O) groups excluding carboxylic acids is 1. The zero-order valence-corrected chi connectivity index (χ0v) is 16.7. The van der Waals surface area contributed by atoms with Crippen LogP contribution < -0.4 is 5.32 Å². The molecule has 2 atom stereocenters. The Bertz CT molecular complexity index is 941. The fourth-order valence-corrected chi connectivity index (χ4v) is 3.31. The maximum atomic E-state index is 14.9. The van der Waals surface area contributed by atoms with E-state index in [1.165, 1.54) is 12.2 Å². The molecule has 3 rings (SSSR count). The Morgan fingerprint density at radius 2 is 1.89 bits per heavy atom. The van der Waals surface area contributed by atoms with Gasteiger partial charge in [0.1, 0.15) is 5.67 Å². The first kappa shape index (κ1) is 19.9. The number of anilines is 1. The predicted octanol–water partition coefficient (Wildman–Crippen LogP) is 6.98. The number of benzene rings is 2. The number of allylic oxidation sites excluding steroid dienone is 3. The number of para-hydroxylation sites is 1. The van der Waals surface area contributed by atoms with Gasteiger partial charge in [0.05, 0.1) is 20.8 Å². The average Bonchev–Trinajstić information content (AvgIpc) is 3.30. The molecular formula is C21H17Cl3FNO. The van der Waals surface area contributed by atoms with Crippen LogP contribution in [0.2, 0.25) is 15.1 Å².